The molecule has 4 saturated carbocycles. The van der Waals surface area contributed by atoms with Gasteiger partial charge < -0.3 is 10.6 Å². The summed E-state index contributed by atoms with van der Waals surface area (Å²) in [6, 6.07) is 0.760. The van der Waals surface area contributed by atoms with E-state index >= 15 is 0 Å². The normalized spacial score (nSPS) is 50.7. The second kappa shape index (κ2) is 4.79. The summed E-state index contributed by atoms with van der Waals surface area (Å²) in [4.78, 5) is 0. The Bertz CT molecular complexity index is 267. The molecular weight excluding hydrogens is 220 g/mol. The molecule has 0 aromatic rings. The van der Waals surface area contributed by atoms with Crippen LogP contribution >= 0.6 is 0 Å². The van der Waals surface area contributed by atoms with Crippen LogP contribution in [0.2, 0.25) is 0 Å². The molecule has 1 unspecified atom stereocenters. The molecule has 0 aromatic carbocycles. The van der Waals surface area contributed by atoms with Crippen molar-refractivity contribution in [3.05, 3.63) is 0 Å². The van der Waals surface area contributed by atoms with Crippen LogP contribution in [0.5, 0.6) is 0 Å². The van der Waals surface area contributed by atoms with E-state index in [4.69, 9.17) is 0 Å². The van der Waals surface area contributed by atoms with Gasteiger partial charge in [0.25, 0.3) is 0 Å². The fourth-order valence-corrected chi connectivity index (χ4v) is 5.70. The van der Waals surface area contributed by atoms with E-state index in [-0.39, 0.29) is 0 Å². The molecule has 0 amide bonds. The Morgan fingerprint density at radius 2 is 1.67 bits per heavy atom. The molecule has 102 valence electrons. The van der Waals surface area contributed by atoms with Gasteiger partial charge >= 0.3 is 0 Å². The van der Waals surface area contributed by atoms with Gasteiger partial charge in [0.15, 0.2) is 0 Å². The van der Waals surface area contributed by atoms with Crippen LogP contribution in [0.1, 0.15) is 44.9 Å². The Labute approximate surface area is 111 Å². The highest BCUT2D eigenvalue weighted by Crippen LogP contribution is 2.56. The minimum Gasteiger partial charge on any atom is -0.315 e. The van der Waals surface area contributed by atoms with E-state index in [0.717, 1.165) is 35.6 Å². The third-order valence-corrected chi connectivity index (χ3v) is 6.36. The van der Waals surface area contributed by atoms with Crippen molar-refractivity contribution in [2.75, 3.05) is 19.6 Å². The zero-order valence-electron chi connectivity index (χ0n) is 11.5. The van der Waals surface area contributed by atoms with Gasteiger partial charge in [-0.2, -0.15) is 0 Å². The van der Waals surface area contributed by atoms with Crippen molar-refractivity contribution < 1.29 is 0 Å². The Balaban J connectivity index is 1.34. The maximum absolute atomic E-state index is 3.89. The average Bonchev–Trinajstić information content (AvgIpc) is 2.38. The van der Waals surface area contributed by atoms with Gasteiger partial charge in [0.05, 0.1) is 0 Å². The SMILES string of the molecule is C1CNCC(NCC2C3CC4CC(C3)CC2C4)C1. The van der Waals surface area contributed by atoms with Crippen LogP contribution in [0.25, 0.3) is 0 Å². The second-order valence-corrected chi connectivity index (χ2v) is 7.55. The highest BCUT2D eigenvalue weighted by molar-refractivity contribution is 4.98. The molecule has 4 aliphatic carbocycles. The van der Waals surface area contributed by atoms with Crippen LogP contribution in [-0.2, 0) is 0 Å². The first kappa shape index (κ1) is 11.7. The first-order chi connectivity index (χ1) is 8.88. The molecule has 1 heterocycles. The largest absolute Gasteiger partial charge is 0.315 e. The second-order valence-electron chi connectivity index (χ2n) is 7.55. The molecule has 0 aromatic heterocycles. The van der Waals surface area contributed by atoms with Gasteiger partial charge in [0, 0.05) is 12.6 Å². The Hall–Kier alpha value is -0.0800. The minimum atomic E-state index is 0.760. The monoisotopic (exact) mass is 248 g/mol. The van der Waals surface area contributed by atoms with Gasteiger partial charge in [-0.1, -0.05) is 0 Å². The summed E-state index contributed by atoms with van der Waals surface area (Å²) in [6.45, 7) is 3.75. The van der Waals surface area contributed by atoms with Crippen LogP contribution in [-0.4, -0.2) is 25.7 Å². The first-order valence-electron chi connectivity index (χ1n) is 8.32. The number of rotatable bonds is 3. The lowest BCUT2D eigenvalue weighted by atomic mass is 9.52. The smallest absolute Gasteiger partial charge is 0.0193 e. The van der Waals surface area contributed by atoms with E-state index in [1.165, 1.54) is 32.5 Å². The van der Waals surface area contributed by atoms with Crippen molar-refractivity contribution in [1.82, 2.24) is 10.6 Å². The molecule has 2 nitrogen and oxygen atoms in total. The summed E-state index contributed by atoms with van der Waals surface area (Å²) in [5.41, 5.74) is 0. The van der Waals surface area contributed by atoms with Crippen molar-refractivity contribution in [2.45, 2.75) is 51.0 Å². The van der Waals surface area contributed by atoms with Crippen molar-refractivity contribution >= 4 is 0 Å². The molecule has 18 heavy (non-hydrogen) atoms. The molecular formula is C16H28N2. The maximum Gasteiger partial charge on any atom is 0.0193 e. The zero-order chi connectivity index (χ0) is 11.9. The summed E-state index contributed by atoms with van der Waals surface area (Å²) in [7, 11) is 0. The van der Waals surface area contributed by atoms with Crippen LogP contribution in [0.3, 0.4) is 0 Å². The summed E-state index contributed by atoms with van der Waals surface area (Å²) >= 11 is 0. The zero-order valence-corrected chi connectivity index (χ0v) is 11.5. The van der Waals surface area contributed by atoms with Gasteiger partial charge in [-0.05, 0) is 87.6 Å². The molecule has 1 aliphatic heterocycles. The standard InChI is InChI=1S/C16H28N2/c1-2-15(9-17-3-1)18-10-16-13-5-11-4-12(7-13)8-14(16)6-11/h11-18H,1-10H2. The summed E-state index contributed by atoms with van der Waals surface area (Å²) in [6.07, 6.45) is 10.6. The molecule has 5 fully saturated rings. The van der Waals surface area contributed by atoms with E-state index in [9.17, 15) is 0 Å². The molecule has 0 radical (unpaired) electrons. The number of hydrogen-bond acceptors (Lipinski definition) is 2. The van der Waals surface area contributed by atoms with Gasteiger partial charge in [-0.25, -0.2) is 0 Å². The maximum atomic E-state index is 3.89. The molecule has 5 rings (SSSR count). The summed E-state index contributed by atoms with van der Waals surface area (Å²) in [5.74, 6) is 5.45. The average molecular weight is 248 g/mol. The fraction of sp³-hybridized carbons (Fsp3) is 1.00. The van der Waals surface area contributed by atoms with Crippen LogP contribution in [0, 0.1) is 29.6 Å². The predicted molar refractivity (Wildman–Crippen MR) is 74.4 cm³/mol. The lowest BCUT2D eigenvalue weighted by molar-refractivity contribution is -0.0365. The molecule has 5 aliphatic rings. The highest BCUT2D eigenvalue weighted by Gasteiger charge is 2.47. The van der Waals surface area contributed by atoms with Gasteiger partial charge in [0.1, 0.15) is 0 Å². The van der Waals surface area contributed by atoms with E-state index in [0.29, 0.717) is 0 Å². The van der Waals surface area contributed by atoms with Crippen molar-refractivity contribution in [1.29, 1.82) is 0 Å². The molecule has 4 bridgehead atoms. The van der Waals surface area contributed by atoms with Crippen LogP contribution < -0.4 is 10.6 Å². The van der Waals surface area contributed by atoms with Gasteiger partial charge in [-0.15, -0.1) is 0 Å². The Kier molecular flexibility index (Phi) is 3.12. The molecule has 2 N–H and O–H groups in total. The third-order valence-electron chi connectivity index (χ3n) is 6.36. The van der Waals surface area contributed by atoms with E-state index in [2.05, 4.69) is 10.6 Å². The summed E-state index contributed by atoms with van der Waals surface area (Å²) < 4.78 is 0. The van der Waals surface area contributed by atoms with E-state index in [1.807, 2.05) is 0 Å². The van der Waals surface area contributed by atoms with E-state index in [1.54, 1.807) is 32.1 Å². The highest BCUT2D eigenvalue weighted by atomic mass is 15.0. The third kappa shape index (κ3) is 2.12. The molecule has 1 atom stereocenters. The number of hydrogen-bond donors (Lipinski definition) is 2. The van der Waals surface area contributed by atoms with Crippen molar-refractivity contribution in [2.24, 2.45) is 29.6 Å². The van der Waals surface area contributed by atoms with Crippen molar-refractivity contribution in [3.8, 4) is 0 Å². The van der Waals surface area contributed by atoms with Crippen LogP contribution in [0.4, 0.5) is 0 Å². The van der Waals surface area contributed by atoms with E-state index < -0.39 is 0 Å². The number of nitrogens with one attached hydrogen (secondary N) is 2. The molecule has 0 spiro atoms. The quantitative estimate of drug-likeness (QED) is 0.801. The molecule has 2 heteroatoms. The van der Waals surface area contributed by atoms with Crippen LogP contribution in [0.15, 0.2) is 0 Å². The van der Waals surface area contributed by atoms with Crippen molar-refractivity contribution in [3.63, 3.8) is 0 Å². The summed E-state index contributed by atoms with van der Waals surface area (Å²) in [5, 5.41) is 7.41. The molecule has 1 saturated heterocycles. The lowest BCUT2D eigenvalue weighted by Gasteiger charge is -2.54. The fourth-order valence-electron chi connectivity index (χ4n) is 5.70. The number of piperidine rings is 1. The predicted octanol–water partition coefficient (Wildman–Crippen LogP) is 2.40. The van der Waals surface area contributed by atoms with Gasteiger partial charge in [-0.3, -0.25) is 0 Å². The Morgan fingerprint density at radius 3 is 2.28 bits per heavy atom. The first-order valence-corrected chi connectivity index (χ1v) is 8.32. The van der Waals surface area contributed by atoms with Gasteiger partial charge in [0.2, 0.25) is 0 Å². The lowest BCUT2D eigenvalue weighted by Crippen LogP contribution is -2.51. The Morgan fingerprint density at radius 1 is 0.944 bits per heavy atom. The topological polar surface area (TPSA) is 24.1 Å². The minimum absolute atomic E-state index is 0.760.